The molecule has 0 amide bonds. The summed E-state index contributed by atoms with van der Waals surface area (Å²) in [5.41, 5.74) is 5.02. The Bertz CT molecular complexity index is 1640. The Balaban J connectivity index is 1.56. The Morgan fingerprint density at radius 2 is 1.58 bits per heavy atom. The zero-order valence-electron chi connectivity index (χ0n) is 21.0. The second-order valence-electron chi connectivity index (χ2n) is 8.86. The maximum Gasteiger partial charge on any atom is 0.155 e. The number of aliphatic imine (C=N–C) groups is 1. The van der Waals surface area contributed by atoms with Crippen LogP contribution in [0.5, 0.6) is 17.2 Å². The number of ether oxygens (including phenoxy) is 3. The standard InChI is InChI=1S/C31H26N4O3/c1-36-21-17-15-20(16-18-21)31-30(35-34-26-12-6-7-13-27(26)37-2)29(33-25-11-5-8-14-28(25)38-31)23-19-32-24-10-4-3-9-22(23)24/h3-19,30-32H,1-2H3. The molecule has 0 bridgehead atoms. The molecule has 0 aliphatic carbocycles. The van der Waals surface area contributed by atoms with Gasteiger partial charge in [-0.1, -0.05) is 54.6 Å². The summed E-state index contributed by atoms with van der Waals surface area (Å²) in [7, 11) is 3.28. The van der Waals surface area contributed by atoms with Gasteiger partial charge in [0, 0.05) is 22.7 Å². The molecular weight excluding hydrogens is 476 g/mol. The average Bonchev–Trinajstić information content (AvgIpc) is 3.33. The van der Waals surface area contributed by atoms with Gasteiger partial charge in [-0.15, -0.1) is 0 Å². The van der Waals surface area contributed by atoms with Crippen LogP contribution in [0.3, 0.4) is 0 Å². The van der Waals surface area contributed by atoms with Crippen LogP contribution in [0.1, 0.15) is 17.2 Å². The summed E-state index contributed by atoms with van der Waals surface area (Å²) in [6.07, 6.45) is 1.48. The van der Waals surface area contributed by atoms with Gasteiger partial charge >= 0.3 is 0 Å². The van der Waals surface area contributed by atoms with Gasteiger partial charge < -0.3 is 19.2 Å². The summed E-state index contributed by atoms with van der Waals surface area (Å²) in [6, 6.07) is 30.8. The van der Waals surface area contributed by atoms with E-state index in [0.717, 1.165) is 39.2 Å². The number of para-hydroxylation sites is 4. The van der Waals surface area contributed by atoms with Crippen LogP contribution in [0.4, 0.5) is 11.4 Å². The van der Waals surface area contributed by atoms with Crippen LogP contribution in [-0.4, -0.2) is 31.0 Å². The van der Waals surface area contributed by atoms with Gasteiger partial charge in [-0.05, 0) is 48.0 Å². The second-order valence-corrected chi connectivity index (χ2v) is 8.86. The van der Waals surface area contributed by atoms with Gasteiger partial charge in [0.2, 0.25) is 0 Å². The minimum absolute atomic E-state index is 0.504. The molecule has 0 radical (unpaired) electrons. The van der Waals surface area contributed by atoms with E-state index in [1.54, 1.807) is 14.2 Å². The highest BCUT2D eigenvalue weighted by molar-refractivity contribution is 6.14. The zero-order chi connectivity index (χ0) is 25.9. The molecule has 6 rings (SSSR count). The van der Waals surface area contributed by atoms with Crippen molar-refractivity contribution in [1.29, 1.82) is 0 Å². The molecule has 5 aromatic rings. The largest absolute Gasteiger partial charge is 0.497 e. The molecule has 0 spiro atoms. The van der Waals surface area contributed by atoms with Crippen LogP contribution in [0.25, 0.3) is 10.9 Å². The van der Waals surface area contributed by atoms with Crippen molar-refractivity contribution in [3.63, 3.8) is 0 Å². The van der Waals surface area contributed by atoms with E-state index >= 15 is 0 Å². The molecule has 0 fully saturated rings. The zero-order valence-corrected chi connectivity index (χ0v) is 21.0. The number of hydrogen-bond donors (Lipinski definition) is 1. The SMILES string of the molecule is COc1ccc(C2Oc3ccccc3N=C(c3c[nH]c4ccccc34)C2N=Nc2ccccc2OC)cc1. The third kappa shape index (κ3) is 4.39. The Morgan fingerprint density at radius 3 is 2.42 bits per heavy atom. The number of benzene rings is 4. The molecule has 2 heterocycles. The highest BCUT2D eigenvalue weighted by Gasteiger charge is 2.35. The van der Waals surface area contributed by atoms with Crippen LogP contribution in [0.15, 0.2) is 118 Å². The number of rotatable bonds is 6. The number of fused-ring (bicyclic) bond motifs is 2. The Labute approximate surface area is 220 Å². The van der Waals surface area contributed by atoms with Crippen LogP contribution in [0.2, 0.25) is 0 Å². The number of methoxy groups -OCH3 is 2. The van der Waals surface area contributed by atoms with Gasteiger partial charge in [0.15, 0.2) is 12.1 Å². The summed E-state index contributed by atoms with van der Waals surface area (Å²) in [6.45, 7) is 0. The van der Waals surface area contributed by atoms with Crippen molar-refractivity contribution in [3.05, 3.63) is 114 Å². The van der Waals surface area contributed by atoms with E-state index in [1.165, 1.54) is 0 Å². The van der Waals surface area contributed by atoms with Gasteiger partial charge in [0.25, 0.3) is 0 Å². The quantitative estimate of drug-likeness (QED) is 0.243. The van der Waals surface area contributed by atoms with Crippen LogP contribution in [-0.2, 0) is 0 Å². The molecule has 7 nitrogen and oxygen atoms in total. The minimum Gasteiger partial charge on any atom is -0.497 e. The third-order valence-corrected chi connectivity index (χ3v) is 6.61. The number of azo groups is 1. The highest BCUT2D eigenvalue weighted by Crippen LogP contribution is 2.41. The Hall–Kier alpha value is -4.91. The monoisotopic (exact) mass is 502 g/mol. The molecule has 2 unspecified atom stereocenters. The third-order valence-electron chi connectivity index (χ3n) is 6.61. The fourth-order valence-electron chi connectivity index (χ4n) is 4.69. The lowest BCUT2D eigenvalue weighted by molar-refractivity contribution is 0.198. The summed E-state index contributed by atoms with van der Waals surface area (Å²) in [5.74, 6) is 2.08. The van der Waals surface area contributed by atoms with E-state index in [1.807, 2.05) is 97.2 Å². The summed E-state index contributed by atoms with van der Waals surface area (Å²) < 4.78 is 17.6. The smallest absolute Gasteiger partial charge is 0.155 e. The molecule has 1 aromatic heterocycles. The molecule has 4 aromatic carbocycles. The van der Waals surface area contributed by atoms with Crippen LogP contribution in [0, 0.1) is 0 Å². The number of nitrogens with one attached hydrogen (secondary N) is 1. The predicted octanol–water partition coefficient (Wildman–Crippen LogP) is 7.59. The van der Waals surface area contributed by atoms with E-state index in [2.05, 4.69) is 16.2 Å². The fourth-order valence-corrected chi connectivity index (χ4v) is 4.69. The first-order valence-electron chi connectivity index (χ1n) is 12.3. The normalized spacial score (nSPS) is 16.9. The fraction of sp³-hybridized carbons (Fsp3) is 0.129. The van der Waals surface area contributed by atoms with Crippen LogP contribution >= 0.6 is 0 Å². The summed E-state index contributed by atoms with van der Waals surface area (Å²) in [5, 5.41) is 10.6. The molecule has 38 heavy (non-hydrogen) atoms. The number of aromatic nitrogens is 1. The van der Waals surface area contributed by atoms with Gasteiger partial charge in [-0.3, -0.25) is 0 Å². The first-order chi connectivity index (χ1) is 18.7. The van der Waals surface area contributed by atoms with Gasteiger partial charge in [0.05, 0.1) is 19.9 Å². The maximum atomic E-state index is 6.66. The van der Waals surface area contributed by atoms with Gasteiger partial charge in [0.1, 0.15) is 28.6 Å². The van der Waals surface area contributed by atoms with E-state index in [9.17, 15) is 0 Å². The molecule has 2 atom stereocenters. The van der Waals surface area contributed by atoms with Gasteiger partial charge in [-0.25, -0.2) is 4.99 Å². The van der Waals surface area contributed by atoms with Crippen molar-refractivity contribution >= 4 is 28.0 Å². The second kappa shape index (κ2) is 10.2. The van der Waals surface area contributed by atoms with Crippen molar-refractivity contribution in [3.8, 4) is 17.2 Å². The first kappa shape index (κ1) is 23.5. The molecule has 188 valence electrons. The van der Waals surface area contributed by atoms with Crippen molar-refractivity contribution < 1.29 is 14.2 Å². The van der Waals surface area contributed by atoms with Crippen molar-refractivity contribution in [2.75, 3.05) is 14.2 Å². The molecular formula is C31H26N4O3. The predicted molar refractivity (Wildman–Crippen MR) is 149 cm³/mol. The Kier molecular flexibility index (Phi) is 6.32. The topological polar surface area (TPSA) is 80.6 Å². The number of H-pyrrole nitrogens is 1. The molecule has 0 saturated carbocycles. The van der Waals surface area contributed by atoms with E-state index in [-0.39, 0.29) is 0 Å². The van der Waals surface area contributed by atoms with E-state index in [0.29, 0.717) is 17.2 Å². The number of hydrogen-bond acceptors (Lipinski definition) is 6. The van der Waals surface area contributed by atoms with Gasteiger partial charge in [-0.2, -0.15) is 10.2 Å². The lowest BCUT2D eigenvalue weighted by Gasteiger charge is -2.24. The number of nitrogens with zero attached hydrogens (tertiary/aromatic N) is 3. The van der Waals surface area contributed by atoms with Crippen molar-refractivity contribution in [2.45, 2.75) is 12.1 Å². The van der Waals surface area contributed by atoms with Crippen molar-refractivity contribution in [2.24, 2.45) is 15.2 Å². The van der Waals surface area contributed by atoms with Crippen molar-refractivity contribution in [1.82, 2.24) is 4.98 Å². The molecule has 1 aliphatic rings. The first-order valence-corrected chi connectivity index (χ1v) is 12.3. The maximum absolute atomic E-state index is 6.66. The summed E-state index contributed by atoms with van der Waals surface area (Å²) >= 11 is 0. The highest BCUT2D eigenvalue weighted by atomic mass is 16.5. The average molecular weight is 503 g/mol. The van der Waals surface area contributed by atoms with Crippen LogP contribution < -0.4 is 14.2 Å². The minimum atomic E-state index is -0.570. The molecule has 7 heteroatoms. The summed E-state index contributed by atoms with van der Waals surface area (Å²) in [4.78, 5) is 8.52. The Morgan fingerprint density at radius 1 is 0.816 bits per heavy atom. The molecule has 0 saturated heterocycles. The van der Waals surface area contributed by atoms with E-state index < -0.39 is 12.1 Å². The lowest BCUT2D eigenvalue weighted by atomic mass is 9.94. The van der Waals surface area contributed by atoms with E-state index in [4.69, 9.17) is 24.3 Å². The molecule has 1 aliphatic heterocycles. The number of aromatic amines is 1. The molecule has 1 N–H and O–H groups in total. The lowest BCUT2D eigenvalue weighted by Crippen LogP contribution is -2.29.